The lowest BCUT2D eigenvalue weighted by Crippen LogP contribution is -1.95. The molecule has 0 aromatic carbocycles. The van der Waals surface area contributed by atoms with E-state index in [9.17, 15) is 0 Å². The van der Waals surface area contributed by atoms with E-state index in [4.69, 9.17) is 4.74 Å². The van der Waals surface area contributed by atoms with Crippen LogP contribution < -0.4 is 0 Å². The molecule has 1 heterocycles. The molecule has 0 atom stereocenters. The first-order valence-electron chi connectivity index (χ1n) is 3.52. The molecule has 0 saturated carbocycles. The van der Waals surface area contributed by atoms with Crippen LogP contribution in [0.25, 0.3) is 0 Å². The van der Waals surface area contributed by atoms with Gasteiger partial charge in [-0.25, -0.2) is 0 Å². The van der Waals surface area contributed by atoms with Gasteiger partial charge in [-0.05, 0) is 17.7 Å². The number of hydrogen-bond acceptors (Lipinski definition) is 3. The van der Waals surface area contributed by atoms with Crippen molar-refractivity contribution >= 4 is 23.1 Å². The van der Waals surface area contributed by atoms with Gasteiger partial charge in [-0.15, -0.1) is 11.3 Å². The van der Waals surface area contributed by atoms with Gasteiger partial charge in [0.2, 0.25) is 0 Å². The first-order valence-corrected chi connectivity index (χ1v) is 5.80. The second kappa shape index (κ2) is 5.63. The number of thiophene rings is 1. The van der Waals surface area contributed by atoms with Crippen LogP contribution in [0.1, 0.15) is 4.88 Å². The average molecular weight is 188 g/mol. The fourth-order valence-electron chi connectivity index (χ4n) is 0.710. The summed E-state index contributed by atoms with van der Waals surface area (Å²) in [5.41, 5.74) is 0. The lowest BCUT2D eigenvalue weighted by Gasteiger charge is -1.99. The predicted molar refractivity (Wildman–Crippen MR) is 52.4 cm³/mol. The van der Waals surface area contributed by atoms with Crippen molar-refractivity contribution in [2.45, 2.75) is 6.61 Å². The van der Waals surface area contributed by atoms with Gasteiger partial charge in [-0.3, -0.25) is 0 Å². The highest BCUT2D eigenvalue weighted by atomic mass is 32.2. The topological polar surface area (TPSA) is 9.23 Å². The third kappa shape index (κ3) is 3.79. The van der Waals surface area contributed by atoms with Gasteiger partial charge in [-0.1, -0.05) is 6.07 Å². The number of thioether (sulfide) groups is 1. The van der Waals surface area contributed by atoms with Gasteiger partial charge in [0.15, 0.2) is 0 Å². The van der Waals surface area contributed by atoms with Crippen molar-refractivity contribution in [3.63, 3.8) is 0 Å². The minimum atomic E-state index is 0.776. The smallest absolute Gasteiger partial charge is 0.0809 e. The van der Waals surface area contributed by atoms with Gasteiger partial charge in [0, 0.05) is 10.6 Å². The van der Waals surface area contributed by atoms with E-state index in [1.807, 2.05) is 11.8 Å². The Hall–Kier alpha value is 0.01000. The van der Waals surface area contributed by atoms with Crippen molar-refractivity contribution in [3.05, 3.63) is 22.4 Å². The zero-order chi connectivity index (χ0) is 7.94. The predicted octanol–water partition coefficient (Wildman–Crippen LogP) is 2.63. The van der Waals surface area contributed by atoms with E-state index in [1.165, 1.54) is 4.88 Å². The third-order valence-corrected chi connectivity index (χ3v) is 2.68. The van der Waals surface area contributed by atoms with E-state index in [1.54, 1.807) is 11.3 Å². The van der Waals surface area contributed by atoms with Gasteiger partial charge < -0.3 is 4.74 Å². The van der Waals surface area contributed by atoms with Crippen molar-refractivity contribution in [2.24, 2.45) is 0 Å². The average Bonchev–Trinajstić information content (AvgIpc) is 2.50. The van der Waals surface area contributed by atoms with Crippen molar-refractivity contribution in [3.8, 4) is 0 Å². The summed E-state index contributed by atoms with van der Waals surface area (Å²) >= 11 is 3.57. The van der Waals surface area contributed by atoms with E-state index >= 15 is 0 Å². The zero-order valence-electron chi connectivity index (χ0n) is 6.58. The SMILES string of the molecule is CSCCOCc1cccs1. The Bertz CT molecular complexity index is 172. The Labute approximate surface area is 75.8 Å². The summed E-state index contributed by atoms with van der Waals surface area (Å²) in [4.78, 5) is 1.31. The Morgan fingerprint density at radius 3 is 3.18 bits per heavy atom. The Morgan fingerprint density at radius 2 is 2.55 bits per heavy atom. The van der Waals surface area contributed by atoms with Crippen LogP contribution in [0, 0.1) is 0 Å². The van der Waals surface area contributed by atoms with Crippen LogP contribution in [0.4, 0.5) is 0 Å². The lowest BCUT2D eigenvalue weighted by molar-refractivity contribution is 0.139. The Balaban J connectivity index is 2.04. The normalized spacial score (nSPS) is 10.3. The number of rotatable bonds is 5. The van der Waals surface area contributed by atoms with Crippen LogP contribution in [0.5, 0.6) is 0 Å². The summed E-state index contributed by atoms with van der Waals surface area (Å²) < 4.78 is 5.41. The molecule has 62 valence electrons. The zero-order valence-corrected chi connectivity index (χ0v) is 8.21. The highest BCUT2D eigenvalue weighted by Crippen LogP contribution is 2.09. The van der Waals surface area contributed by atoms with E-state index in [0.717, 1.165) is 19.0 Å². The molecular weight excluding hydrogens is 176 g/mol. The largest absolute Gasteiger partial charge is 0.375 e. The van der Waals surface area contributed by atoms with E-state index in [-0.39, 0.29) is 0 Å². The number of ether oxygens (including phenoxy) is 1. The van der Waals surface area contributed by atoms with E-state index in [2.05, 4.69) is 23.8 Å². The highest BCUT2D eigenvalue weighted by molar-refractivity contribution is 7.98. The first kappa shape index (κ1) is 9.10. The summed E-state index contributed by atoms with van der Waals surface area (Å²) in [5, 5.41) is 2.08. The van der Waals surface area contributed by atoms with Crippen LogP contribution in [0.2, 0.25) is 0 Å². The quantitative estimate of drug-likeness (QED) is 0.657. The summed E-state index contributed by atoms with van der Waals surface area (Å²) in [6.45, 7) is 1.64. The molecule has 0 saturated heterocycles. The minimum Gasteiger partial charge on any atom is -0.375 e. The molecule has 1 aromatic heterocycles. The molecule has 0 spiro atoms. The Morgan fingerprint density at radius 1 is 1.64 bits per heavy atom. The maximum absolute atomic E-state index is 5.41. The fourth-order valence-corrected chi connectivity index (χ4v) is 1.63. The van der Waals surface area contributed by atoms with Crippen molar-refractivity contribution in [1.29, 1.82) is 0 Å². The monoisotopic (exact) mass is 188 g/mol. The molecule has 0 amide bonds. The van der Waals surface area contributed by atoms with Gasteiger partial charge in [0.1, 0.15) is 0 Å². The summed E-state index contributed by atoms with van der Waals surface area (Å²) in [5.74, 6) is 1.09. The van der Waals surface area contributed by atoms with Gasteiger partial charge >= 0.3 is 0 Å². The second-order valence-electron chi connectivity index (χ2n) is 2.12. The molecule has 0 unspecified atom stereocenters. The molecule has 0 fully saturated rings. The first-order chi connectivity index (χ1) is 5.43. The van der Waals surface area contributed by atoms with Crippen molar-refractivity contribution in [2.75, 3.05) is 18.6 Å². The van der Waals surface area contributed by atoms with Gasteiger partial charge in [-0.2, -0.15) is 11.8 Å². The lowest BCUT2D eigenvalue weighted by atomic mass is 10.5. The molecule has 3 heteroatoms. The van der Waals surface area contributed by atoms with E-state index < -0.39 is 0 Å². The molecule has 1 nitrogen and oxygen atoms in total. The molecular formula is C8H12OS2. The van der Waals surface area contributed by atoms with Crippen LogP contribution in [-0.2, 0) is 11.3 Å². The van der Waals surface area contributed by atoms with Crippen LogP contribution in [-0.4, -0.2) is 18.6 Å². The minimum absolute atomic E-state index is 0.776. The van der Waals surface area contributed by atoms with Crippen LogP contribution >= 0.6 is 23.1 Å². The molecule has 0 radical (unpaired) electrons. The van der Waals surface area contributed by atoms with Crippen LogP contribution in [0.15, 0.2) is 17.5 Å². The van der Waals surface area contributed by atoms with Gasteiger partial charge in [0.05, 0.1) is 13.2 Å². The summed E-state index contributed by atoms with van der Waals surface area (Å²) in [7, 11) is 0. The molecule has 11 heavy (non-hydrogen) atoms. The molecule has 0 bridgehead atoms. The molecule has 0 N–H and O–H groups in total. The van der Waals surface area contributed by atoms with Crippen molar-refractivity contribution < 1.29 is 4.74 Å². The maximum atomic E-state index is 5.41. The molecule has 1 rings (SSSR count). The molecule has 0 aliphatic carbocycles. The van der Waals surface area contributed by atoms with E-state index in [0.29, 0.717) is 0 Å². The molecule has 0 aliphatic heterocycles. The number of hydrogen-bond donors (Lipinski definition) is 0. The fraction of sp³-hybridized carbons (Fsp3) is 0.500. The maximum Gasteiger partial charge on any atom is 0.0809 e. The molecule has 1 aromatic rings. The van der Waals surface area contributed by atoms with Crippen molar-refractivity contribution in [1.82, 2.24) is 0 Å². The van der Waals surface area contributed by atoms with Crippen LogP contribution in [0.3, 0.4) is 0 Å². The van der Waals surface area contributed by atoms with Gasteiger partial charge in [0.25, 0.3) is 0 Å². The highest BCUT2D eigenvalue weighted by Gasteiger charge is 1.91. The third-order valence-electron chi connectivity index (χ3n) is 1.26. The second-order valence-corrected chi connectivity index (χ2v) is 4.14. The Kier molecular flexibility index (Phi) is 4.66. The summed E-state index contributed by atoms with van der Waals surface area (Å²) in [6, 6.07) is 4.15. The summed E-state index contributed by atoms with van der Waals surface area (Å²) in [6.07, 6.45) is 2.09. The molecule has 0 aliphatic rings. The standard InChI is InChI=1S/C8H12OS2/c1-10-6-4-9-7-8-3-2-5-11-8/h2-3,5H,4,6-7H2,1H3.